The largest absolute Gasteiger partial charge is 0.477 e. The van der Waals surface area contributed by atoms with Crippen LogP contribution in [0, 0.1) is 0 Å². The number of carboxylic acids is 1. The van der Waals surface area contributed by atoms with E-state index in [0.29, 0.717) is 17.3 Å². The summed E-state index contributed by atoms with van der Waals surface area (Å²) in [5, 5.41) is 12.6. The molecule has 1 aromatic rings. The molecule has 1 fully saturated rings. The summed E-state index contributed by atoms with van der Waals surface area (Å²) in [6, 6.07) is 0.364. The van der Waals surface area contributed by atoms with Crippen molar-refractivity contribution in [1.29, 1.82) is 0 Å². The van der Waals surface area contributed by atoms with Crippen molar-refractivity contribution >= 4 is 22.4 Å². The van der Waals surface area contributed by atoms with Crippen LogP contribution >= 0.6 is 11.3 Å². The molecular formula is C9H12N2O3S. The molecule has 1 heterocycles. The highest BCUT2D eigenvalue weighted by Gasteiger charge is 2.29. The van der Waals surface area contributed by atoms with Crippen LogP contribution < -0.4 is 5.32 Å². The van der Waals surface area contributed by atoms with E-state index in [1.165, 1.54) is 6.20 Å². The second kappa shape index (κ2) is 4.16. The first-order valence-electron chi connectivity index (χ1n) is 4.67. The van der Waals surface area contributed by atoms with Crippen LogP contribution in [-0.4, -0.2) is 35.3 Å². The normalized spacial score (nSPS) is 24.6. The summed E-state index contributed by atoms with van der Waals surface area (Å²) in [5.41, 5.74) is 0. The molecule has 0 saturated heterocycles. The molecule has 1 aliphatic rings. The van der Waals surface area contributed by atoms with Gasteiger partial charge >= 0.3 is 5.97 Å². The Morgan fingerprint density at radius 1 is 1.73 bits per heavy atom. The zero-order valence-electron chi connectivity index (χ0n) is 8.27. The van der Waals surface area contributed by atoms with Gasteiger partial charge in [0.1, 0.15) is 4.88 Å². The minimum atomic E-state index is -0.927. The quantitative estimate of drug-likeness (QED) is 0.815. The molecule has 0 amide bonds. The molecule has 0 aromatic carbocycles. The predicted octanol–water partition coefficient (Wildman–Crippen LogP) is 1.43. The van der Waals surface area contributed by atoms with Crippen molar-refractivity contribution in [2.75, 3.05) is 12.4 Å². The maximum Gasteiger partial charge on any atom is 0.347 e. The van der Waals surface area contributed by atoms with Gasteiger partial charge in [0.05, 0.1) is 12.3 Å². The first kappa shape index (κ1) is 10.4. The summed E-state index contributed by atoms with van der Waals surface area (Å²) >= 11 is 1.16. The summed E-state index contributed by atoms with van der Waals surface area (Å²) < 4.78 is 5.15. The fourth-order valence-corrected chi connectivity index (χ4v) is 2.22. The number of anilines is 1. The fourth-order valence-electron chi connectivity index (χ4n) is 1.49. The van der Waals surface area contributed by atoms with Gasteiger partial charge in [-0.1, -0.05) is 11.3 Å². The van der Waals surface area contributed by atoms with Crippen molar-refractivity contribution in [1.82, 2.24) is 4.98 Å². The minimum Gasteiger partial charge on any atom is -0.477 e. The Morgan fingerprint density at radius 2 is 2.47 bits per heavy atom. The summed E-state index contributed by atoms with van der Waals surface area (Å²) in [6.45, 7) is 0. The monoisotopic (exact) mass is 228 g/mol. The molecule has 5 nitrogen and oxygen atoms in total. The smallest absolute Gasteiger partial charge is 0.347 e. The standard InChI is InChI=1S/C9H12N2O3S/c1-14-6-2-5(3-6)11-9-10-4-7(15-9)8(12)13/h4-6H,2-3H2,1H3,(H,10,11)(H,12,13). The number of carboxylic acid groups (broad SMARTS) is 1. The van der Waals surface area contributed by atoms with Gasteiger partial charge in [-0.2, -0.15) is 0 Å². The van der Waals surface area contributed by atoms with Crippen molar-refractivity contribution in [2.24, 2.45) is 0 Å². The van der Waals surface area contributed by atoms with E-state index in [1.54, 1.807) is 7.11 Å². The third-order valence-electron chi connectivity index (χ3n) is 2.47. The molecule has 0 spiro atoms. The van der Waals surface area contributed by atoms with Crippen molar-refractivity contribution in [3.8, 4) is 0 Å². The van der Waals surface area contributed by atoms with E-state index in [0.717, 1.165) is 24.2 Å². The second-order valence-electron chi connectivity index (χ2n) is 3.51. The van der Waals surface area contributed by atoms with E-state index in [1.807, 2.05) is 0 Å². The van der Waals surface area contributed by atoms with Gasteiger partial charge in [-0.15, -0.1) is 0 Å². The molecule has 2 rings (SSSR count). The summed E-state index contributed by atoms with van der Waals surface area (Å²) in [7, 11) is 1.70. The summed E-state index contributed by atoms with van der Waals surface area (Å²) in [5.74, 6) is -0.927. The van der Waals surface area contributed by atoms with Crippen LogP contribution in [0.2, 0.25) is 0 Å². The molecule has 15 heavy (non-hydrogen) atoms. The van der Waals surface area contributed by atoms with Gasteiger partial charge in [0, 0.05) is 13.2 Å². The van der Waals surface area contributed by atoms with E-state index in [9.17, 15) is 4.79 Å². The Hall–Kier alpha value is -1.14. The SMILES string of the molecule is COC1CC(Nc2ncc(C(=O)O)s2)C1. The van der Waals surface area contributed by atoms with Gasteiger partial charge in [0.25, 0.3) is 0 Å². The Balaban J connectivity index is 1.87. The molecule has 82 valence electrons. The first-order valence-corrected chi connectivity index (χ1v) is 5.49. The van der Waals surface area contributed by atoms with E-state index >= 15 is 0 Å². The lowest BCUT2D eigenvalue weighted by atomic mass is 9.89. The molecular weight excluding hydrogens is 216 g/mol. The number of hydrogen-bond acceptors (Lipinski definition) is 5. The van der Waals surface area contributed by atoms with Gasteiger partial charge in [-0.25, -0.2) is 9.78 Å². The first-order chi connectivity index (χ1) is 7.19. The third-order valence-corrected chi connectivity index (χ3v) is 3.39. The second-order valence-corrected chi connectivity index (χ2v) is 4.54. The average molecular weight is 228 g/mol. The van der Waals surface area contributed by atoms with Crippen LogP contribution in [-0.2, 0) is 4.74 Å². The maximum atomic E-state index is 10.6. The lowest BCUT2D eigenvalue weighted by molar-refractivity contribution is 0.0328. The molecule has 0 aliphatic heterocycles. The van der Waals surface area contributed by atoms with Gasteiger partial charge < -0.3 is 15.2 Å². The molecule has 1 aromatic heterocycles. The van der Waals surface area contributed by atoms with Crippen molar-refractivity contribution < 1.29 is 14.6 Å². The van der Waals surface area contributed by atoms with E-state index in [-0.39, 0.29) is 4.88 Å². The summed E-state index contributed by atoms with van der Waals surface area (Å²) in [6.07, 6.45) is 3.63. The van der Waals surface area contributed by atoms with Crippen molar-refractivity contribution in [2.45, 2.75) is 25.0 Å². The van der Waals surface area contributed by atoms with Crippen molar-refractivity contribution in [3.63, 3.8) is 0 Å². The molecule has 6 heteroatoms. The number of rotatable bonds is 4. The number of methoxy groups -OCH3 is 1. The predicted molar refractivity (Wildman–Crippen MR) is 56.5 cm³/mol. The average Bonchev–Trinajstić information content (AvgIpc) is 2.58. The zero-order chi connectivity index (χ0) is 10.8. The zero-order valence-corrected chi connectivity index (χ0v) is 9.08. The number of aromatic carboxylic acids is 1. The molecule has 0 unspecified atom stereocenters. The lowest BCUT2D eigenvalue weighted by Crippen LogP contribution is -2.40. The number of nitrogens with one attached hydrogen (secondary N) is 1. The number of hydrogen-bond donors (Lipinski definition) is 2. The molecule has 0 bridgehead atoms. The van der Waals surface area contributed by atoms with E-state index in [4.69, 9.17) is 9.84 Å². The van der Waals surface area contributed by atoms with Gasteiger partial charge in [0.2, 0.25) is 0 Å². The number of ether oxygens (including phenoxy) is 1. The van der Waals surface area contributed by atoms with Crippen LogP contribution in [0.25, 0.3) is 0 Å². The Morgan fingerprint density at radius 3 is 3.00 bits per heavy atom. The van der Waals surface area contributed by atoms with Crippen LogP contribution in [0.5, 0.6) is 0 Å². The van der Waals surface area contributed by atoms with Gasteiger partial charge in [0.15, 0.2) is 5.13 Å². The number of carbonyl (C=O) groups is 1. The number of nitrogens with zero attached hydrogens (tertiary/aromatic N) is 1. The minimum absolute atomic E-state index is 0.264. The molecule has 0 atom stereocenters. The van der Waals surface area contributed by atoms with Crippen LogP contribution in [0.3, 0.4) is 0 Å². The topological polar surface area (TPSA) is 71.5 Å². The van der Waals surface area contributed by atoms with E-state index < -0.39 is 5.97 Å². The van der Waals surface area contributed by atoms with Crippen LogP contribution in [0.1, 0.15) is 22.5 Å². The molecule has 1 aliphatic carbocycles. The van der Waals surface area contributed by atoms with Gasteiger partial charge in [-0.3, -0.25) is 0 Å². The highest BCUT2D eigenvalue weighted by atomic mass is 32.1. The molecule has 2 N–H and O–H groups in total. The summed E-state index contributed by atoms with van der Waals surface area (Å²) in [4.78, 5) is 14.9. The number of aromatic nitrogens is 1. The Bertz CT molecular complexity index is 360. The maximum absolute atomic E-state index is 10.6. The van der Waals surface area contributed by atoms with Crippen molar-refractivity contribution in [3.05, 3.63) is 11.1 Å². The van der Waals surface area contributed by atoms with Crippen LogP contribution in [0.15, 0.2) is 6.20 Å². The number of thiazole rings is 1. The Kier molecular flexibility index (Phi) is 2.88. The van der Waals surface area contributed by atoms with Crippen LogP contribution in [0.4, 0.5) is 5.13 Å². The highest BCUT2D eigenvalue weighted by molar-refractivity contribution is 7.17. The van der Waals surface area contributed by atoms with Gasteiger partial charge in [-0.05, 0) is 12.8 Å². The fraction of sp³-hybridized carbons (Fsp3) is 0.556. The highest BCUT2D eigenvalue weighted by Crippen LogP contribution is 2.28. The molecule has 1 saturated carbocycles. The Labute approximate surface area is 91.1 Å². The van der Waals surface area contributed by atoms with E-state index in [2.05, 4.69) is 10.3 Å². The third kappa shape index (κ3) is 2.27. The lowest BCUT2D eigenvalue weighted by Gasteiger charge is -2.34. The molecule has 0 radical (unpaired) electrons.